The summed E-state index contributed by atoms with van der Waals surface area (Å²) >= 11 is 0. The summed E-state index contributed by atoms with van der Waals surface area (Å²) in [6.07, 6.45) is 4.81. The van der Waals surface area contributed by atoms with Crippen LogP contribution in [0.1, 0.15) is 0 Å². The zero-order chi connectivity index (χ0) is 13.9. The summed E-state index contributed by atoms with van der Waals surface area (Å²) in [6, 6.07) is 6.61. The van der Waals surface area contributed by atoms with E-state index in [4.69, 9.17) is 4.74 Å². The smallest absolute Gasteiger partial charge is 0.316 e. The molecule has 2 heterocycles. The molecule has 0 aliphatic carbocycles. The van der Waals surface area contributed by atoms with Crippen molar-refractivity contribution in [2.45, 2.75) is 0 Å². The van der Waals surface area contributed by atoms with Crippen molar-refractivity contribution in [3.63, 3.8) is 0 Å². The van der Waals surface area contributed by atoms with Crippen LogP contribution in [0.15, 0.2) is 42.9 Å². The fourth-order valence-corrected chi connectivity index (χ4v) is 1.87. The number of hydrogen-bond acceptors (Lipinski definition) is 5. The van der Waals surface area contributed by atoms with Gasteiger partial charge in [-0.25, -0.2) is 19.3 Å². The number of nitrogens with zero attached hydrogens (tertiary/aromatic N) is 3. The van der Waals surface area contributed by atoms with Crippen molar-refractivity contribution in [1.82, 2.24) is 15.0 Å². The van der Waals surface area contributed by atoms with E-state index in [1.54, 1.807) is 30.7 Å². The van der Waals surface area contributed by atoms with Gasteiger partial charge in [0.1, 0.15) is 11.6 Å². The Morgan fingerprint density at radius 1 is 1.10 bits per heavy atom. The van der Waals surface area contributed by atoms with Crippen molar-refractivity contribution in [3.8, 4) is 6.01 Å². The Labute approximate surface area is 114 Å². The molecule has 3 aromatic rings. The van der Waals surface area contributed by atoms with Crippen molar-refractivity contribution in [3.05, 3.63) is 48.7 Å². The van der Waals surface area contributed by atoms with Crippen molar-refractivity contribution in [1.29, 1.82) is 0 Å². The first-order chi connectivity index (χ1) is 9.76. The van der Waals surface area contributed by atoms with Crippen molar-refractivity contribution >= 4 is 22.3 Å². The molecule has 20 heavy (non-hydrogen) atoms. The third kappa shape index (κ3) is 2.35. The Balaban J connectivity index is 1.97. The monoisotopic (exact) mass is 270 g/mol. The molecular formula is C14H11FN4O. The van der Waals surface area contributed by atoms with Crippen LogP contribution < -0.4 is 10.1 Å². The number of fused-ring (bicyclic) bond motifs is 1. The van der Waals surface area contributed by atoms with E-state index in [1.807, 2.05) is 0 Å². The minimum Gasteiger partial charge on any atom is -0.467 e. The molecule has 5 nitrogen and oxygen atoms in total. The zero-order valence-corrected chi connectivity index (χ0v) is 10.7. The van der Waals surface area contributed by atoms with E-state index in [0.717, 1.165) is 10.8 Å². The average Bonchev–Trinajstić information content (AvgIpc) is 2.48. The van der Waals surface area contributed by atoms with Crippen LogP contribution in [0.4, 0.5) is 15.9 Å². The van der Waals surface area contributed by atoms with Gasteiger partial charge in [0.15, 0.2) is 0 Å². The lowest BCUT2D eigenvalue weighted by Gasteiger charge is -2.08. The topological polar surface area (TPSA) is 59.9 Å². The largest absolute Gasteiger partial charge is 0.467 e. The molecule has 0 aliphatic rings. The van der Waals surface area contributed by atoms with E-state index in [9.17, 15) is 4.39 Å². The molecule has 1 N–H and O–H groups in total. The van der Waals surface area contributed by atoms with E-state index in [1.165, 1.54) is 19.2 Å². The van der Waals surface area contributed by atoms with Crippen LogP contribution in [0.25, 0.3) is 10.8 Å². The van der Waals surface area contributed by atoms with Crippen molar-refractivity contribution in [2.75, 3.05) is 12.4 Å². The third-order valence-corrected chi connectivity index (χ3v) is 2.80. The highest BCUT2D eigenvalue weighted by molar-refractivity contribution is 5.93. The molecule has 0 bridgehead atoms. The Kier molecular flexibility index (Phi) is 3.12. The van der Waals surface area contributed by atoms with Crippen molar-refractivity contribution < 1.29 is 9.13 Å². The predicted octanol–water partition coefficient (Wildman–Crippen LogP) is 2.92. The van der Waals surface area contributed by atoms with Crippen LogP contribution in [-0.2, 0) is 0 Å². The number of methoxy groups -OCH3 is 1. The average molecular weight is 270 g/mol. The second-order valence-electron chi connectivity index (χ2n) is 4.11. The normalized spacial score (nSPS) is 10.5. The molecule has 0 fully saturated rings. The number of anilines is 2. The quantitative estimate of drug-likeness (QED) is 0.793. The minimum absolute atomic E-state index is 0.276. The molecule has 0 spiro atoms. The minimum atomic E-state index is -0.276. The third-order valence-electron chi connectivity index (χ3n) is 2.80. The van der Waals surface area contributed by atoms with Crippen molar-refractivity contribution in [2.24, 2.45) is 0 Å². The number of halogens is 1. The highest BCUT2D eigenvalue weighted by Crippen LogP contribution is 2.24. The molecule has 0 amide bonds. The molecule has 0 radical (unpaired) electrons. The molecule has 100 valence electrons. The molecule has 0 saturated heterocycles. The Morgan fingerprint density at radius 2 is 1.90 bits per heavy atom. The van der Waals surface area contributed by atoms with Gasteiger partial charge in [-0.2, -0.15) is 0 Å². The molecular weight excluding hydrogens is 259 g/mol. The summed E-state index contributed by atoms with van der Waals surface area (Å²) in [5.74, 6) is 0.346. The molecule has 0 unspecified atom stereocenters. The second kappa shape index (κ2) is 5.08. The van der Waals surface area contributed by atoms with Gasteiger partial charge in [0, 0.05) is 11.6 Å². The SMILES string of the molecule is COc1ncc(Nc2nccc3cc(F)ccc23)cn1. The number of ether oxygens (including phenoxy) is 1. The fourth-order valence-electron chi connectivity index (χ4n) is 1.87. The van der Waals surface area contributed by atoms with Gasteiger partial charge in [-0.05, 0) is 29.7 Å². The lowest BCUT2D eigenvalue weighted by atomic mass is 10.1. The Bertz CT molecular complexity index is 746. The second-order valence-corrected chi connectivity index (χ2v) is 4.11. The summed E-state index contributed by atoms with van der Waals surface area (Å²) in [6.45, 7) is 0. The van der Waals surface area contributed by atoms with Crippen LogP contribution in [0.2, 0.25) is 0 Å². The van der Waals surface area contributed by atoms with Crippen LogP contribution in [0, 0.1) is 5.82 Å². The van der Waals surface area contributed by atoms with Crippen LogP contribution in [0.5, 0.6) is 6.01 Å². The molecule has 0 saturated carbocycles. The van der Waals surface area contributed by atoms with E-state index in [0.29, 0.717) is 17.5 Å². The lowest BCUT2D eigenvalue weighted by molar-refractivity contribution is 0.380. The highest BCUT2D eigenvalue weighted by Gasteiger charge is 2.05. The first kappa shape index (κ1) is 12.3. The maximum atomic E-state index is 13.2. The summed E-state index contributed by atoms with van der Waals surface area (Å²) < 4.78 is 18.1. The van der Waals surface area contributed by atoms with Gasteiger partial charge in [-0.15, -0.1) is 0 Å². The Hall–Kier alpha value is -2.76. The number of benzene rings is 1. The number of aromatic nitrogens is 3. The number of rotatable bonds is 3. The van der Waals surface area contributed by atoms with Gasteiger partial charge in [0.05, 0.1) is 25.2 Å². The van der Waals surface area contributed by atoms with E-state index in [-0.39, 0.29) is 5.82 Å². The number of nitrogens with one attached hydrogen (secondary N) is 1. The molecule has 2 aromatic heterocycles. The van der Waals surface area contributed by atoms with Crippen LogP contribution in [-0.4, -0.2) is 22.1 Å². The summed E-state index contributed by atoms with van der Waals surface area (Å²) in [7, 11) is 1.50. The highest BCUT2D eigenvalue weighted by atomic mass is 19.1. The van der Waals surface area contributed by atoms with E-state index >= 15 is 0 Å². The van der Waals surface area contributed by atoms with Gasteiger partial charge in [-0.3, -0.25) is 0 Å². The molecule has 6 heteroatoms. The fraction of sp³-hybridized carbons (Fsp3) is 0.0714. The van der Waals surface area contributed by atoms with Gasteiger partial charge >= 0.3 is 6.01 Å². The standard InChI is InChI=1S/C14H11FN4O/c1-20-14-17-7-11(8-18-14)19-13-12-3-2-10(15)6-9(12)4-5-16-13/h2-8H,1H3,(H,16,19). The van der Waals surface area contributed by atoms with Gasteiger partial charge in [0.2, 0.25) is 0 Å². The van der Waals surface area contributed by atoms with Crippen LogP contribution >= 0.6 is 0 Å². The first-order valence-corrected chi connectivity index (χ1v) is 5.93. The van der Waals surface area contributed by atoms with Gasteiger partial charge in [0.25, 0.3) is 0 Å². The lowest BCUT2D eigenvalue weighted by Crippen LogP contribution is -1.97. The number of hydrogen-bond donors (Lipinski definition) is 1. The Morgan fingerprint density at radius 3 is 2.65 bits per heavy atom. The number of pyridine rings is 1. The molecule has 0 atom stereocenters. The van der Waals surface area contributed by atoms with E-state index < -0.39 is 0 Å². The molecule has 0 aliphatic heterocycles. The molecule has 3 rings (SSSR count). The maximum absolute atomic E-state index is 13.2. The summed E-state index contributed by atoms with van der Waals surface area (Å²) in [5, 5.41) is 4.70. The predicted molar refractivity (Wildman–Crippen MR) is 73.6 cm³/mol. The van der Waals surface area contributed by atoms with E-state index in [2.05, 4.69) is 20.3 Å². The zero-order valence-electron chi connectivity index (χ0n) is 10.7. The summed E-state index contributed by atoms with van der Waals surface area (Å²) in [4.78, 5) is 12.3. The van der Waals surface area contributed by atoms with Crippen LogP contribution in [0.3, 0.4) is 0 Å². The van der Waals surface area contributed by atoms with Gasteiger partial charge < -0.3 is 10.1 Å². The first-order valence-electron chi connectivity index (χ1n) is 5.93. The van der Waals surface area contributed by atoms with Gasteiger partial charge in [-0.1, -0.05) is 0 Å². The maximum Gasteiger partial charge on any atom is 0.316 e. The molecule has 1 aromatic carbocycles. The summed E-state index contributed by atoms with van der Waals surface area (Å²) in [5.41, 5.74) is 0.676.